The number of hydrogen-bond donors (Lipinski definition) is 0. The average Bonchev–Trinajstić information content (AvgIpc) is 2.67. The van der Waals surface area contributed by atoms with Crippen molar-refractivity contribution in [1.82, 2.24) is 0 Å². The molecule has 0 N–H and O–H groups in total. The van der Waals surface area contributed by atoms with Gasteiger partial charge in [-0.3, -0.25) is 0 Å². The normalized spacial score (nSPS) is 11.8. The summed E-state index contributed by atoms with van der Waals surface area (Å²) in [7, 11) is 0. The Balaban J connectivity index is 2.03. The van der Waals surface area contributed by atoms with Gasteiger partial charge >= 0.3 is 184 Å². The Morgan fingerprint density at radius 2 is 0.931 bits per heavy atom. The second kappa shape index (κ2) is 9.59. The van der Waals surface area contributed by atoms with Crippen molar-refractivity contribution in [3.05, 3.63) is 88.0 Å². The van der Waals surface area contributed by atoms with Gasteiger partial charge < -0.3 is 0 Å². The molecule has 0 saturated carbocycles. The number of nitrogens with zero attached hydrogens (tertiary/aromatic N) is 2. The van der Waals surface area contributed by atoms with Crippen molar-refractivity contribution in [1.29, 1.82) is 0 Å². The fourth-order valence-electron chi connectivity index (χ4n) is 3.59. The van der Waals surface area contributed by atoms with Crippen LogP contribution in [0.5, 0.6) is 0 Å². The van der Waals surface area contributed by atoms with Crippen molar-refractivity contribution in [2.75, 3.05) is 0 Å². The summed E-state index contributed by atoms with van der Waals surface area (Å²) in [6.07, 6.45) is 4.10. The van der Waals surface area contributed by atoms with Crippen LogP contribution in [0.15, 0.2) is 64.6 Å². The number of rotatable bonds is 5. The van der Waals surface area contributed by atoms with Gasteiger partial charge in [-0.25, -0.2) is 0 Å². The number of aliphatic imine (C=N–C) groups is 2. The predicted molar refractivity (Wildman–Crippen MR) is 130 cm³/mol. The first-order chi connectivity index (χ1) is 13.9. The van der Waals surface area contributed by atoms with E-state index in [2.05, 4.69) is 104 Å². The van der Waals surface area contributed by atoms with Gasteiger partial charge in [-0.1, -0.05) is 0 Å². The molecule has 0 bridgehead atoms. The maximum atomic E-state index is 4.87. The molecule has 0 atom stereocenters. The molecule has 0 saturated heterocycles. The standard InChI is InChI=1S/C24H23N2.2CH3.Bi/c1-17-8-5-9-18(2)23(17)25-15-21-12-7-13-22(14-21)16-26-24-19(3)10-6-11-20(24)4;;;/h5-13,15-16H,1-4H3;2*1H3;. The first kappa shape index (κ1) is 21.6. The van der Waals surface area contributed by atoms with Crippen LogP contribution in [-0.2, 0) is 0 Å². The average molecular weight is 579 g/mol. The van der Waals surface area contributed by atoms with Gasteiger partial charge in [0.05, 0.1) is 0 Å². The van der Waals surface area contributed by atoms with Crippen molar-refractivity contribution in [3.8, 4) is 0 Å². The molecule has 3 aromatic carbocycles. The molecular weight excluding hydrogens is 549 g/mol. The topological polar surface area (TPSA) is 24.7 Å². The third-order valence-corrected chi connectivity index (χ3v) is 10.6. The molecule has 0 fully saturated rings. The van der Waals surface area contributed by atoms with Crippen LogP contribution in [0.4, 0.5) is 11.4 Å². The Morgan fingerprint density at radius 1 is 0.586 bits per heavy atom. The summed E-state index contributed by atoms with van der Waals surface area (Å²) in [6.45, 7) is 8.48. The molecular formula is C26H29BiN2. The molecule has 0 heterocycles. The van der Waals surface area contributed by atoms with Crippen LogP contribution in [0.2, 0.25) is 9.26 Å². The van der Waals surface area contributed by atoms with E-state index in [-0.39, 0.29) is 0 Å². The zero-order chi connectivity index (χ0) is 21.0. The minimum atomic E-state index is -1.77. The molecule has 29 heavy (non-hydrogen) atoms. The van der Waals surface area contributed by atoms with Gasteiger partial charge in [-0.05, 0) is 0 Å². The van der Waals surface area contributed by atoms with Gasteiger partial charge in [0, 0.05) is 0 Å². The first-order valence-corrected chi connectivity index (χ1v) is 18.6. The van der Waals surface area contributed by atoms with Crippen LogP contribution >= 0.6 is 0 Å². The van der Waals surface area contributed by atoms with Gasteiger partial charge in [0.2, 0.25) is 0 Å². The molecule has 3 rings (SSSR count). The van der Waals surface area contributed by atoms with Crippen molar-refractivity contribution < 1.29 is 0 Å². The van der Waals surface area contributed by atoms with E-state index in [0.717, 1.165) is 11.4 Å². The zero-order valence-corrected chi connectivity index (χ0v) is 21.7. The fraction of sp³-hybridized carbons (Fsp3) is 0.231. The summed E-state index contributed by atoms with van der Waals surface area (Å²) in [5, 5.41) is 0. The van der Waals surface area contributed by atoms with E-state index in [4.69, 9.17) is 9.98 Å². The second-order valence-electron chi connectivity index (χ2n) is 7.68. The van der Waals surface area contributed by atoms with E-state index in [1.807, 2.05) is 0 Å². The van der Waals surface area contributed by atoms with Gasteiger partial charge in [-0.2, -0.15) is 0 Å². The summed E-state index contributed by atoms with van der Waals surface area (Å²) in [5.74, 6) is 0. The third kappa shape index (κ3) is 5.09. The second-order valence-corrected chi connectivity index (χ2v) is 16.4. The summed E-state index contributed by atoms with van der Waals surface area (Å²) >= 11 is -1.77. The van der Waals surface area contributed by atoms with E-state index in [1.54, 1.807) is 0 Å². The SMILES string of the molecule is Cc1cccc(C)c1N=Cc1cccc(C=Nc2c(C)cccc2C)[c]1[Bi]([CH3])[CH3]. The molecule has 148 valence electrons. The number of hydrogen-bond acceptors (Lipinski definition) is 2. The minimum absolute atomic E-state index is 1.08. The molecule has 0 radical (unpaired) electrons. The molecule has 2 nitrogen and oxygen atoms in total. The molecule has 0 aliphatic heterocycles. The molecule has 0 aromatic heterocycles. The van der Waals surface area contributed by atoms with Crippen molar-refractivity contribution in [3.63, 3.8) is 0 Å². The van der Waals surface area contributed by atoms with Crippen molar-refractivity contribution in [2.45, 2.75) is 37.0 Å². The van der Waals surface area contributed by atoms with Crippen molar-refractivity contribution >= 4 is 48.8 Å². The Morgan fingerprint density at radius 3 is 1.28 bits per heavy atom. The van der Waals surface area contributed by atoms with Crippen LogP contribution in [-0.4, -0.2) is 34.2 Å². The summed E-state index contributed by atoms with van der Waals surface area (Å²) in [4.78, 5) is 9.74. The van der Waals surface area contributed by atoms with E-state index in [9.17, 15) is 0 Å². The van der Waals surface area contributed by atoms with Gasteiger partial charge in [0.1, 0.15) is 0 Å². The first-order valence-electron chi connectivity index (χ1n) is 9.89. The van der Waals surface area contributed by atoms with E-state index < -0.39 is 21.8 Å². The predicted octanol–water partition coefficient (Wildman–Crippen LogP) is 6.38. The zero-order valence-electron chi connectivity index (χ0n) is 18.2. The molecule has 0 amide bonds. The maximum absolute atomic E-state index is 4.87. The molecule has 0 unspecified atom stereocenters. The van der Waals surface area contributed by atoms with Gasteiger partial charge in [0.15, 0.2) is 0 Å². The summed E-state index contributed by atoms with van der Waals surface area (Å²) in [5.41, 5.74) is 9.47. The van der Waals surface area contributed by atoms with Crippen LogP contribution < -0.4 is 3.27 Å². The molecule has 0 aliphatic carbocycles. The Kier molecular flexibility index (Phi) is 7.14. The molecule has 0 spiro atoms. The fourth-order valence-corrected chi connectivity index (χ4v) is 8.63. The Hall–Kier alpha value is -2.12. The molecule has 3 aromatic rings. The van der Waals surface area contributed by atoms with Crippen LogP contribution in [0.1, 0.15) is 33.4 Å². The van der Waals surface area contributed by atoms with Crippen LogP contribution in [0.3, 0.4) is 0 Å². The monoisotopic (exact) mass is 578 g/mol. The van der Waals surface area contributed by atoms with Crippen LogP contribution in [0.25, 0.3) is 0 Å². The van der Waals surface area contributed by atoms with Gasteiger partial charge in [0.25, 0.3) is 0 Å². The van der Waals surface area contributed by atoms with Crippen LogP contribution in [0, 0.1) is 27.7 Å². The Labute approximate surface area is 183 Å². The third-order valence-electron chi connectivity index (χ3n) is 5.09. The van der Waals surface area contributed by atoms with E-state index in [1.165, 1.54) is 36.7 Å². The number of aryl methyl sites for hydroxylation is 4. The van der Waals surface area contributed by atoms with E-state index >= 15 is 0 Å². The number of benzene rings is 3. The van der Waals surface area contributed by atoms with Gasteiger partial charge in [-0.15, -0.1) is 0 Å². The quantitative estimate of drug-likeness (QED) is 0.248. The molecule has 3 heteroatoms. The Bertz CT molecular complexity index is 958. The number of para-hydroxylation sites is 2. The van der Waals surface area contributed by atoms with Crippen molar-refractivity contribution in [2.24, 2.45) is 9.98 Å². The summed E-state index contributed by atoms with van der Waals surface area (Å²) in [6, 6.07) is 19.2. The molecule has 0 aliphatic rings. The summed E-state index contributed by atoms with van der Waals surface area (Å²) < 4.78 is 6.34. The van der Waals surface area contributed by atoms with E-state index in [0.29, 0.717) is 0 Å².